The van der Waals surface area contributed by atoms with Crippen LogP contribution in [0.1, 0.15) is 93.1 Å². The first-order valence-corrected chi connectivity index (χ1v) is 44.7. The Hall–Kier alpha value is -16.3. The summed E-state index contributed by atoms with van der Waals surface area (Å²) in [5, 5.41) is 8.86. The summed E-state index contributed by atoms with van der Waals surface area (Å²) >= 11 is 0. The topological polar surface area (TPSA) is 25.6 Å². The first kappa shape index (κ1) is 62.7. The molecule has 5 heterocycles. The van der Waals surface area contributed by atoms with Gasteiger partial charge in [0.25, 0.3) is 0 Å². The molecular formula is C126H88N4O. The van der Waals surface area contributed by atoms with Gasteiger partial charge < -0.3 is 23.7 Å². The van der Waals surface area contributed by atoms with Gasteiger partial charge in [0.15, 0.2) is 0 Å². The molecule has 0 saturated heterocycles. The van der Waals surface area contributed by atoms with E-state index in [-0.39, 0.29) is 91.0 Å². The lowest BCUT2D eigenvalue weighted by molar-refractivity contribution is 0.418. The number of aromatic nitrogens is 2. The summed E-state index contributed by atoms with van der Waals surface area (Å²) in [5.41, 5.74) is 19.4. The molecular weight excluding hydrogens is 1590 g/mol. The minimum atomic E-state index is -0.847. The molecule has 21 aromatic carbocycles. The first-order chi connectivity index (χ1) is 70.2. The fraction of sp³-hybridized carbons (Fsp3) is 0.0635. The van der Waals surface area contributed by atoms with E-state index in [9.17, 15) is 19.2 Å². The van der Waals surface area contributed by atoms with Crippen LogP contribution >= 0.6 is 0 Å². The van der Waals surface area contributed by atoms with E-state index < -0.39 is 65.1 Å². The molecule has 0 bridgehead atoms. The Morgan fingerprint density at radius 2 is 0.718 bits per heavy atom. The Morgan fingerprint density at radius 3 is 1.27 bits per heavy atom. The normalized spacial score (nSPS) is 15.2. The smallest absolute Gasteiger partial charge is 0.131 e. The van der Waals surface area contributed by atoms with Crippen molar-refractivity contribution in [1.29, 1.82) is 0 Å². The van der Waals surface area contributed by atoms with Gasteiger partial charge in [-0.1, -0.05) is 380 Å². The number of para-hydroxylation sites is 4. The second kappa shape index (κ2) is 29.4. The molecule has 1 atom stereocenters. The summed E-state index contributed by atoms with van der Waals surface area (Å²) in [5.74, 6) is 0.599. The molecule has 5 heteroatoms. The van der Waals surface area contributed by atoms with Crippen molar-refractivity contribution in [2.24, 2.45) is 0 Å². The van der Waals surface area contributed by atoms with Crippen molar-refractivity contribution < 1.29 is 23.9 Å². The monoisotopic (exact) mass is 1690 g/mol. The molecule has 0 spiro atoms. The van der Waals surface area contributed by atoms with E-state index in [1.165, 1.54) is 0 Å². The van der Waals surface area contributed by atoms with Crippen molar-refractivity contribution in [2.75, 3.05) is 9.80 Å². The number of anilines is 6. The average molecular weight is 1690 g/mol. The highest BCUT2D eigenvalue weighted by molar-refractivity contribution is 6.21. The van der Waals surface area contributed by atoms with Gasteiger partial charge in [-0.05, 0) is 212 Å². The van der Waals surface area contributed by atoms with Crippen LogP contribution in [0.15, 0.2) is 436 Å². The largest absolute Gasteiger partial charge is 0.457 e. The number of hydrogen-bond acceptors (Lipinski definition) is 3. The quantitative estimate of drug-likeness (QED) is 0.121. The molecule has 0 saturated carbocycles. The van der Waals surface area contributed by atoms with E-state index in [0.717, 1.165) is 149 Å². The highest BCUT2D eigenvalue weighted by Crippen LogP contribution is 2.66. The van der Waals surface area contributed by atoms with Crippen LogP contribution in [0.3, 0.4) is 0 Å². The van der Waals surface area contributed by atoms with Crippen molar-refractivity contribution in [2.45, 2.75) is 51.4 Å². The van der Waals surface area contributed by atoms with Gasteiger partial charge in [0.1, 0.15) is 11.5 Å². The molecule has 1 unspecified atom stereocenters. The van der Waals surface area contributed by atoms with Gasteiger partial charge in [0, 0.05) is 83.2 Å². The van der Waals surface area contributed by atoms with Gasteiger partial charge in [0.2, 0.25) is 0 Å². The fourth-order valence-corrected chi connectivity index (χ4v) is 21.6. The highest BCUT2D eigenvalue weighted by Gasteiger charge is 2.45. The molecule has 5 nitrogen and oxygen atoms in total. The predicted octanol–water partition coefficient (Wildman–Crippen LogP) is 34.6. The molecule has 0 aliphatic carbocycles. The Labute approximate surface area is 781 Å². The van der Waals surface area contributed by atoms with Crippen LogP contribution in [0.2, 0.25) is 0 Å². The van der Waals surface area contributed by atoms with Crippen LogP contribution in [0.4, 0.5) is 34.1 Å². The number of benzene rings is 21. The molecule has 0 radical (unpaired) electrons. The molecule has 0 N–H and O–H groups in total. The van der Waals surface area contributed by atoms with E-state index >= 15 is 0 Å². The van der Waals surface area contributed by atoms with Crippen LogP contribution < -0.4 is 14.5 Å². The summed E-state index contributed by atoms with van der Waals surface area (Å²) in [4.78, 5) is 4.84. The van der Waals surface area contributed by atoms with Crippen molar-refractivity contribution in [3.63, 3.8) is 0 Å². The van der Waals surface area contributed by atoms with Gasteiger partial charge in [0.05, 0.1) is 75.4 Å². The molecule has 3 aliphatic rings. The zero-order chi connectivity index (χ0) is 99.2. The van der Waals surface area contributed by atoms with Crippen molar-refractivity contribution in [3.8, 4) is 101 Å². The number of hydrogen-bond donors (Lipinski definition) is 0. The standard InChI is InChI=1S/C126H88N4O/c1-125(2,3)86-74-105(81-39-16-9-17-40-81)124(106(75-86)97-53-30-51-95-90-44-21-19-42-83(90)62-67-99(95)97)130-114-77-88(128-110-57-26-23-46-102(110)120-92(48-32-59-112(120)128)79-35-12-7-13-36-79)65-69-104(114)121-103-68-64-87(127-109-56-25-22-45-101(109)119-91(47-31-58-111(119)127)78-33-10-6-11-34-78)76-113(103)129(115-72-85(73-116(130)122(115)121)84-63-70-118-108(71-84)126(4,5)107-55-24-27-60-117(107)131-118)123-93(80-37-14-8-15-38-80)49-28-54-100(123)96-52-29-50-94-89-43-20-18-41-82(89)61-66-98(94)96/h6-77,121H,1-5H3/i22D,23D,25D,26D,31D,32D,45D,46D,47D,48D,56D,57D,58D,59D. The summed E-state index contributed by atoms with van der Waals surface area (Å²) < 4.78 is 151. The van der Waals surface area contributed by atoms with Crippen LogP contribution in [0.25, 0.3) is 176 Å². The van der Waals surface area contributed by atoms with Gasteiger partial charge in [-0.25, -0.2) is 0 Å². The number of nitrogens with zero attached hydrogens (tertiary/aromatic N) is 4. The SMILES string of the molecule is [2H]c1c([2H])c([2H])c2c(c1[2H])c1c(-c3ccccc3)c([2H])c([2H])c([2H])c1n2-c1ccc2c(c1)N(c1c(-c3ccccc3)cccc1-c1cccc3c1ccc1ccccc13)c1cc(-c3ccc4c(c3)C(C)(C)c3ccccc3O4)cc3c1C2c1ccc(-n2c4c([2H])c([2H])c([2H])c([2H])c4c4c(-c5ccccc5)c([2H])c([2H])c([2H])c42)cc1N3c1c(-c2ccccc2)cc(C(C)(C)C)cc1-c1cccc2c1ccc1ccccc12. The van der Waals surface area contributed by atoms with Crippen molar-refractivity contribution in [3.05, 3.63) is 470 Å². The molecule has 26 rings (SSSR count). The van der Waals surface area contributed by atoms with Crippen molar-refractivity contribution >= 4 is 121 Å². The average Bonchev–Trinajstić information content (AvgIpc) is 1.61. The number of ether oxygens (including phenoxy) is 1. The molecule has 3 aliphatic heterocycles. The first-order valence-electron chi connectivity index (χ1n) is 51.7. The molecule has 618 valence electrons. The third-order valence-electron chi connectivity index (χ3n) is 27.7. The maximum absolute atomic E-state index is 10.5. The van der Waals surface area contributed by atoms with Gasteiger partial charge in [-0.15, -0.1) is 0 Å². The summed E-state index contributed by atoms with van der Waals surface area (Å²) in [6.07, 6.45) is 0. The maximum atomic E-state index is 10.5. The molecule has 2 aromatic heterocycles. The number of fused-ring (bicyclic) bond motifs is 18. The minimum Gasteiger partial charge on any atom is -0.457 e. The van der Waals surface area contributed by atoms with E-state index in [1.54, 1.807) is 9.13 Å². The highest BCUT2D eigenvalue weighted by atomic mass is 16.5. The molecule has 0 amide bonds. The lowest BCUT2D eigenvalue weighted by Gasteiger charge is -2.47. The van der Waals surface area contributed by atoms with E-state index in [1.807, 2.05) is 97.1 Å². The third kappa shape index (κ3) is 11.7. The zero-order valence-corrected chi connectivity index (χ0v) is 72.3. The minimum absolute atomic E-state index is 0.0328. The van der Waals surface area contributed by atoms with Gasteiger partial charge in [-0.3, -0.25) is 0 Å². The Bertz CT molecular complexity index is 9630. The second-order valence-electron chi connectivity index (χ2n) is 36.2. The van der Waals surface area contributed by atoms with E-state index in [4.69, 9.17) is 4.74 Å². The van der Waals surface area contributed by atoms with E-state index in [0.29, 0.717) is 51.0 Å². The summed E-state index contributed by atoms with van der Waals surface area (Å²) in [7, 11) is 0. The Balaban J connectivity index is 0.886. The molecule has 0 fully saturated rings. The van der Waals surface area contributed by atoms with Crippen LogP contribution in [-0.4, -0.2) is 9.13 Å². The summed E-state index contributed by atoms with van der Waals surface area (Å²) in [6, 6.07) is 115. The number of rotatable bonds is 11. The molecule has 23 aromatic rings. The lowest BCUT2D eigenvalue weighted by Crippen LogP contribution is -2.30. The van der Waals surface area contributed by atoms with Crippen LogP contribution in [0.5, 0.6) is 11.5 Å². The van der Waals surface area contributed by atoms with E-state index in [2.05, 4.69) is 299 Å². The van der Waals surface area contributed by atoms with Crippen molar-refractivity contribution in [1.82, 2.24) is 9.13 Å². The second-order valence-corrected chi connectivity index (χ2v) is 36.2. The van der Waals surface area contributed by atoms with Crippen LogP contribution in [-0.2, 0) is 10.8 Å². The predicted molar refractivity (Wildman–Crippen MR) is 551 cm³/mol. The lowest BCUT2D eigenvalue weighted by atomic mass is 9.73. The van der Waals surface area contributed by atoms with Gasteiger partial charge in [-0.2, -0.15) is 0 Å². The summed E-state index contributed by atoms with van der Waals surface area (Å²) in [6.45, 7) is 11.2. The van der Waals surface area contributed by atoms with Crippen LogP contribution in [0, 0.1) is 0 Å². The van der Waals surface area contributed by atoms with Gasteiger partial charge >= 0.3 is 0 Å². The molecule has 131 heavy (non-hydrogen) atoms. The zero-order valence-electron chi connectivity index (χ0n) is 86.3. The third-order valence-corrected chi connectivity index (χ3v) is 27.7. The fourth-order valence-electron chi connectivity index (χ4n) is 21.6. The Morgan fingerprint density at radius 1 is 0.282 bits per heavy atom. The maximum Gasteiger partial charge on any atom is 0.131 e. The Kier molecular flexibility index (Phi) is 14.1.